The Morgan fingerprint density at radius 3 is 2.77 bits per heavy atom. The van der Waals surface area contributed by atoms with Gasteiger partial charge in [-0.25, -0.2) is 9.18 Å². The van der Waals surface area contributed by atoms with Crippen molar-refractivity contribution in [1.29, 1.82) is 0 Å². The highest BCUT2D eigenvalue weighted by Gasteiger charge is 2.22. The third-order valence-corrected chi connectivity index (χ3v) is 7.32. The van der Waals surface area contributed by atoms with Gasteiger partial charge in [-0.05, 0) is 66.0 Å². The molecule has 8 heteroatoms. The molecular weight excluding hydrogens is 437 g/mol. The SMILES string of the molecule is Cn1c(=O)oc2c(N3CCN(CCCc4csc5ccc(F)cc45)CC3)cc(Cl)cc21. The maximum atomic E-state index is 13.6. The summed E-state index contributed by atoms with van der Waals surface area (Å²) in [6.07, 6.45) is 1.99. The lowest BCUT2D eigenvalue weighted by molar-refractivity contribution is 0.255. The number of thiophene rings is 1. The van der Waals surface area contributed by atoms with E-state index in [9.17, 15) is 9.18 Å². The van der Waals surface area contributed by atoms with Crippen molar-refractivity contribution < 1.29 is 8.81 Å². The zero-order valence-corrected chi connectivity index (χ0v) is 18.8. The lowest BCUT2D eigenvalue weighted by atomic mass is 10.1. The summed E-state index contributed by atoms with van der Waals surface area (Å²) in [6.45, 7) is 4.57. The van der Waals surface area contributed by atoms with Gasteiger partial charge in [0.15, 0.2) is 5.58 Å². The number of rotatable bonds is 5. The molecule has 0 bridgehead atoms. The number of aryl methyl sites for hydroxylation is 2. The number of nitrogens with zero attached hydrogens (tertiary/aromatic N) is 3. The molecule has 5 nitrogen and oxygen atoms in total. The van der Waals surface area contributed by atoms with E-state index in [-0.39, 0.29) is 11.6 Å². The first-order valence-electron chi connectivity index (χ1n) is 10.4. The van der Waals surface area contributed by atoms with Gasteiger partial charge in [0.25, 0.3) is 0 Å². The summed E-state index contributed by atoms with van der Waals surface area (Å²) < 4.78 is 21.7. The highest BCUT2D eigenvalue weighted by molar-refractivity contribution is 7.17. The predicted octanol–water partition coefficient (Wildman–Crippen LogP) is 4.89. The molecule has 0 atom stereocenters. The minimum absolute atomic E-state index is 0.173. The van der Waals surface area contributed by atoms with Crippen molar-refractivity contribution in [3.05, 3.63) is 62.7 Å². The van der Waals surface area contributed by atoms with Gasteiger partial charge >= 0.3 is 5.76 Å². The Bertz CT molecular complexity index is 1300. The van der Waals surface area contributed by atoms with Crippen molar-refractivity contribution >= 4 is 49.8 Å². The summed E-state index contributed by atoms with van der Waals surface area (Å²) in [6, 6.07) is 8.68. The molecule has 1 saturated heterocycles. The van der Waals surface area contributed by atoms with Crippen LogP contribution in [-0.2, 0) is 13.5 Å². The summed E-state index contributed by atoms with van der Waals surface area (Å²) in [5, 5.41) is 3.80. The molecule has 2 aromatic heterocycles. The lowest BCUT2D eigenvalue weighted by Gasteiger charge is -2.36. The summed E-state index contributed by atoms with van der Waals surface area (Å²) in [7, 11) is 1.69. The van der Waals surface area contributed by atoms with Gasteiger partial charge in [0, 0.05) is 42.9 Å². The largest absolute Gasteiger partial charge is 0.419 e. The van der Waals surface area contributed by atoms with Crippen molar-refractivity contribution in [1.82, 2.24) is 9.47 Å². The van der Waals surface area contributed by atoms with Crippen LogP contribution in [0, 0.1) is 5.82 Å². The predicted molar refractivity (Wildman–Crippen MR) is 125 cm³/mol. The van der Waals surface area contributed by atoms with Crippen molar-refractivity contribution in [2.75, 3.05) is 37.6 Å². The Morgan fingerprint density at radius 1 is 1.16 bits per heavy atom. The summed E-state index contributed by atoms with van der Waals surface area (Å²) in [4.78, 5) is 16.7. The third-order valence-electron chi connectivity index (χ3n) is 6.09. The molecule has 0 spiro atoms. The van der Waals surface area contributed by atoms with Gasteiger partial charge in [0.1, 0.15) is 5.82 Å². The topological polar surface area (TPSA) is 41.6 Å². The van der Waals surface area contributed by atoms with Gasteiger partial charge < -0.3 is 9.32 Å². The molecule has 162 valence electrons. The molecule has 1 aliphatic heterocycles. The second kappa shape index (κ2) is 8.30. The van der Waals surface area contributed by atoms with Gasteiger partial charge in [-0.15, -0.1) is 11.3 Å². The smallest absolute Gasteiger partial charge is 0.405 e. The van der Waals surface area contributed by atoms with E-state index in [1.807, 2.05) is 12.1 Å². The lowest BCUT2D eigenvalue weighted by Crippen LogP contribution is -2.46. The van der Waals surface area contributed by atoms with Crippen LogP contribution in [0.2, 0.25) is 5.02 Å². The van der Waals surface area contributed by atoms with Crippen molar-refractivity contribution in [2.24, 2.45) is 7.05 Å². The first-order valence-corrected chi connectivity index (χ1v) is 11.7. The Labute approximate surface area is 188 Å². The second-order valence-electron chi connectivity index (χ2n) is 8.03. The fourth-order valence-corrected chi connectivity index (χ4v) is 5.55. The zero-order chi connectivity index (χ0) is 21.5. The third kappa shape index (κ3) is 3.97. The second-order valence-corrected chi connectivity index (χ2v) is 9.38. The van der Waals surface area contributed by atoms with Gasteiger partial charge in [-0.1, -0.05) is 11.6 Å². The van der Waals surface area contributed by atoms with Crippen LogP contribution in [-0.4, -0.2) is 42.2 Å². The van der Waals surface area contributed by atoms with Crippen LogP contribution in [0.3, 0.4) is 0 Å². The van der Waals surface area contributed by atoms with Crippen LogP contribution in [0.5, 0.6) is 0 Å². The van der Waals surface area contributed by atoms with Crippen LogP contribution < -0.4 is 10.7 Å². The summed E-state index contributed by atoms with van der Waals surface area (Å²) >= 11 is 7.99. The first kappa shape index (κ1) is 20.5. The molecule has 0 N–H and O–H groups in total. The number of hydrogen-bond donors (Lipinski definition) is 0. The molecule has 5 rings (SSSR count). The number of anilines is 1. The Balaban J connectivity index is 1.21. The van der Waals surface area contributed by atoms with Crippen molar-refractivity contribution in [3.63, 3.8) is 0 Å². The average molecular weight is 460 g/mol. The molecule has 0 saturated carbocycles. The van der Waals surface area contributed by atoms with E-state index in [0.717, 1.165) is 61.3 Å². The highest BCUT2D eigenvalue weighted by Crippen LogP contribution is 2.31. The van der Waals surface area contributed by atoms with Crippen LogP contribution in [0.4, 0.5) is 10.1 Å². The van der Waals surface area contributed by atoms with E-state index >= 15 is 0 Å². The van der Waals surface area contributed by atoms with Gasteiger partial charge in [-0.2, -0.15) is 0 Å². The minimum Gasteiger partial charge on any atom is -0.405 e. The standard InChI is InChI=1S/C23H23ClFN3O2S/c1-26-19-11-16(24)12-20(22(19)30-23(26)29)28-9-7-27(8-10-28)6-2-3-15-14-31-21-5-4-17(25)13-18(15)21/h4-5,11-14H,2-3,6-10H2,1H3. The van der Waals surface area contributed by atoms with Gasteiger partial charge in [0.05, 0.1) is 11.2 Å². The molecule has 0 amide bonds. The number of halogens is 2. The zero-order valence-electron chi connectivity index (χ0n) is 17.2. The summed E-state index contributed by atoms with van der Waals surface area (Å²) in [5.74, 6) is -0.550. The molecule has 0 unspecified atom stereocenters. The van der Waals surface area contributed by atoms with Crippen LogP contribution in [0.1, 0.15) is 12.0 Å². The molecule has 1 aliphatic rings. The normalized spacial score (nSPS) is 15.4. The number of aromatic nitrogens is 1. The highest BCUT2D eigenvalue weighted by atomic mass is 35.5. The molecule has 1 fully saturated rings. The van der Waals surface area contributed by atoms with E-state index < -0.39 is 0 Å². The molecule has 0 aliphatic carbocycles. The molecule has 3 heterocycles. The number of fused-ring (bicyclic) bond motifs is 2. The van der Waals surface area contributed by atoms with E-state index in [2.05, 4.69) is 15.2 Å². The number of piperazine rings is 1. The quantitative estimate of drug-likeness (QED) is 0.426. The molecule has 4 aromatic rings. The van der Waals surface area contributed by atoms with E-state index in [4.69, 9.17) is 16.0 Å². The molecule has 0 radical (unpaired) electrons. The van der Waals surface area contributed by atoms with E-state index in [1.54, 1.807) is 30.5 Å². The van der Waals surface area contributed by atoms with E-state index in [1.165, 1.54) is 16.2 Å². The van der Waals surface area contributed by atoms with Crippen molar-refractivity contribution in [3.8, 4) is 0 Å². The maximum absolute atomic E-state index is 13.6. The average Bonchev–Trinajstić information content (AvgIpc) is 3.29. The number of hydrogen-bond acceptors (Lipinski definition) is 5. The molecule has 2 aromatic carbocycles. The molecular formula is C23H23ClFN3O2S. The Hall–Kier alpha value is -2.35. The Kier molecular flexibility index (Phi) is 5.50. The van der Waals surface area contributed by atoms with Crippen LogP contribution in [0.15, 0.2) is 44.9 Å². The monoisotopic (exact) mass is 459 g/mol. The van der Waals surface area contributed by atoms with Gasteiger partial charge in [0.2, 0.25) is 0 Å². The first-order chi connectivity index (χ1) is 15.0. The Morgan fingerprint density at radius 2 is 1.97 bits per heavy atom. The van der Waals surface area contributed by atoms with Gasteiger partial charge in [-0.3, -0.25) is 9.47 Å². The van der Waals surface area contributed by atoms with Crippen molar-refractivity contribution in [2.45, 2.75) is 12.8 Å². The van der Waals surface area contributed by atoms with Crippen LogP contribution >= 0.6 is 22.9 Å². The number of benzene rings is 2. The van der Waals surface area contributed by atoms with E-state index in [0.29, 0.717) is 16.1 Å². The molecule has 31 heavy (non-hydrogen) atoms. The maximum Gasteiger partial charge on any atom is 0.419 e. The fraction of sp³-hybridized carbons (Fsp3) is 0.348. The summed E-state index contributed by atoms with van der Waals surface area (Å²) in [5.41, 5.74) is 3.43. The van der Waals surface area contributed by atoms with Crippen LogP contribution in [0.25, 0.3) is 21.2 Å². The number of oxazole rings is 1. The fourth-order valence-electron chi connectivity index (χ4n) is 4.36. The minimum atomic E-state index is -0.377.